The van der Waals surface area contributed by atoms with Crippen LogP contribution >= 0.6 is 0 Å². The number of carboxylic acids is 1. The minimum absolute atomic E-state index is 0.308. The standard InChI is InChI=1S/C13H16N2O2/c1-3-4-5-12-14-10-7-6-9(13(16)17)8-11(10)15(12)2/h6-8H,3-5H2,1-2H3,(H,16,17). The van der Waals surface area contributed by atoms with Crippen molar-refractivity contribution in [2.75, 3.05) is 0 Å². The Bertz CT molecular complexity index is 558. The molecular formula is C13H16N2O2. The molecule has 17 heavy (non-hydrogen) atoms. The van der Waals surface area contributed by atoms with Gasteiger partial charge in [-0.1, -0.05) is 13.3 Å². The Kier molecular flexibility index (Phi) is 3.13. The molecule has 0 aliphatic carbocycles. The van der Waals surface area contributed by atoms with Crippen LogP contribution < -0.4 is 0 Å². The van der Waals surface area contributed by atoms with Crippen LogP contribution in [0.15, 0.2) is 18.2 Å². The third kappa shape index (κ3) is 2.16. The number of aromatic nitrogens is 2. The summed E-state index contributed by atoms with van der Waals surface area (Å²) in [5.41, 5.74) is 2.06. The Morgan fingerprint density at radius 2 is 2.24 bits per heavy atom. The van der Waals surface area contributed by atoms with E-state index in [0.717, 1.165) is 36.1 Å². The Labute approximate surface area is 99.9 Å². The van der Waals surface area contributed by atoms with Crippen LogP contribution in [0.3, 0.4) is 0 Å². The second-order valence-corrected chi connectivity index (χ2v) is 4.20. The second kappa shape index (κ2) is 4.57. The topological polar surface area (TPSA) is 55.1 Å². The van der Waals surface area contributed by atoms with E-state index in [2.05, 4.69) is 11.9 Å². The van der Waals surface area contributed by atoms with Gasteiger partial charge in [-0.3, -0.25) is 0 Å². The molecule has 2 aromatic rings. The predicted molar refractivity (Wildman–Crippen MR) is 66.3 cm³/mol. The summed E-state index contributed by atoms with van der Waals surface area (Å²) in [6.07, 6.45) is 3.16. The number of carbonyl (C=O) groups is 1. The third-order valence-corrected chi connectivity index (χ3v) is 2.97. The first-order chi connectivity index (χ1) is 8.13. The lowest BCUT2D eigenvalue weighted by Gasteiger charge is -2.01. The summed E-state index contributed by atoms with van der Waals surface area (Å²) in [5, 5.41) is 8.95. The van der Waals surface area contributed by atoms with Gasteiger partial charge < -0.3 is 9.67 Å². The molecule has 1 N–H and O–H groups in total. The Balaban J connectivity index is 2.47. The van der Waals surface area contributed by atoms with Gasteiger partial charge in [0.1, 0.15) is 5.82 Å². The smallest absolute Gasteiger partial charge is 0.335 e. The van der Waals surface area contributed by atoms with Crippen LogP contribution in [0.4, 0.5) is 0 Å². The van der Waals surface area contributed by atoms with Crippen molar-refractivity contribution in [3.8, 4) is 0 Å². The number of carboxylic acid groups (broad SMARTS) is 1. The zero-order valence-electron chi connectivity index (χ0n) is 10.1. The number of aryl methyl sites for hydroxylation is 2. The molecule has 0 saturated carbocycles. The van der Waals surface area contributed by atoms with E-state index in [1.54, 1.807) is 18.2 Å². The van der Waals surface area contributed by atoms with Crippen molar-refractivity contribution in [1.82, 2.24) is 9.55 Å². The van der Waals surface area contributed by atoms with E-state index in [0.29, 0.717) is 5.56 Å². The fourth-order valence-corrected chi connectivity index (χ4v) is 1.93. The number of hydrogen-bond donors (Lipinski definition) is 1. The zero-order chi connectivity index (χ0) is 12.4. The van der Waals surface area contributed by atoms with Crippen LogP contribution in [0.1, 0.15) is 35.9 Å². The first kappa shape index (κ1) is 11.6. The fraction of sp³-hybridized carbons (Fsp3) is 0.385. The number of nitrogens with zero attached hydrogens (tertiary/aromatic N) is 2. The van der Waals surface area contributed by atoms with Gasteiger partial charge in [-0.15, -0.1) is 0 Å². The van der Waals surface area contributed by atoms with E-state index in [1.807, 2.05) is 11.6 Å². The summed E-state index contributed by atoms with van der Waals surface area (Å²) in [4.78, 5) is 15.4. The molecule has 1 aromatic heterocycles. The van der Waals surface area contributed by atoms with Crippen molar-refractivity contribution >= 4 is 17.0 Å². The first-order valence-corrected chi connectivity index (χ1v) is 5.82. The molecule has 0 unspecified atom stereocenters. The quantitative estimate of drug-likeness (QED) is 0.881. The molecule has 0 aliphatic heterocycles. The van der Waals surface area contributed by atoms with Crippen LogP contribution in [0.25, 0.3) is 11.0 Å². The average molecular weight is 232 g/mol. The summed E-state index contributed by atoms with van der Waals surface area (Å²) in [7, 11) is 1.94. The lowest BCUT2D eigenvalue weighted by atomic mass is 10.2. The van der Waals surface area contributed by atoms with E-state index >= 15 is 0 Å². The Hall–Kier alpha value is -1.84. The van der Waals surface area contributed by atoms with Gasteiger partial charge in [0.25, 0.3) is 0 Å². The first-order valence-electron chi connectivity index (χ1n) is 5.82. The van der Waals surface area contributed by atoms with Crippen LogP contribution in [0.2, 0.25) is 0 Å². The Morgan fingerprint density at radius 3 is 2.88 bits per heavy atom. The van der Waals surface area contributed by atoms with Gasteiger partial charge in [0.05, 0.1) is 16.6 Å². The molecule has 0 amide bonds. The van der Waals surface area contributed by atoms with Gasteiger partial charge in [-0.2, -0.15) is 0 Å². The van der Waals surface area contributed by atoms with Crippen molar-refractivity contribution in [3.63, 3.8) is 0 Å². The summed E-state index contributed by atoms with van der Waals surface area (Å²) >= 11 is 0. The molecule has 0 aliphatic rings. The summed E-state index contributed by atoms with van der Waals surface area (Å²) in [5.74, 6) is 0.118. The number of benzene rings is 1. The molecular weight excluding hydrogens is 216 g/mol. The average Bonchev–Trinajstić information content (AvgIpc) is 2.63. The van der Waals surface area contributed by atoms with E-state index in [-0.39, 0.29) is 0 Å². The van der Waals surface area contributed by atoms with Gasteiger partial charge in [-0.05, 0) is 24.6 Å². The number of rotatable bonds is 4. The molecule has 2 rings (SSSR count). The monoisotopic (exact) mass is 232 g/mol. The lowest BCUT2D eigenvalue weighted by molar-refractivity contribution is 0.0697. The van der Waals surface area contributed by atoms with Gasteiger partial charge in [0.2, 0.25) is 0 Å². The minimum Gasteiger partial charge on any atom is -0.478 e. The SMILES string of the molecule is CCCCc1nc2ccc(C(=O)O)cc2n1C. The molecule has 0 fully saturated rings. The van der Waals surface area contributed by atoms with Gasteiger partial charge in [0.15, 0.2) is 0 Å². The van der Waals surface area contributed by atoms with Crippen molar-refractivity contribution in [2.45, 2.75) is 26.2 Å². The number of hydrogen-bond acceptors (Lipinski definition) is 2. The third-order valence-electron chi connectivity index (χ3n) is 2.97. The second-order valence-electron chi connectivity index (χ2n) is 4.20. The van der Waals surface area contributed by atoms with Gasteiger partial charge >= 0.3 is 5.97 Å². The van der Waals surface area contributed by atoms with E-state index in [1.165, 1.54) is 0 Å². The summed E-state index contributed by atoms with van der Waals surface area (Å²) in [6.45, 7) is 2.14. The largest absolute Gasteiger partial charge is 0.478 e. The maximum atomic E-state index is 10.9. The molecule has 0 bridgehead atoms. The van der Waals surface area contributed by atoms with Crippen molar-refractivity contribution in [3.05, 3.63) is 29.6 Å². The van der Waals surface area contributed by atoms with Crippen molar-refractivity contribution < 1.29 is 9.90 Å². The minimum atomic E-state index is -0.900. The van der Waals surface area contributed by atoms with Crippen molar-refractivity contribution in [1.29, 1.82) is 0 Å². The van der Waals surface area contributed by atoms with E-state index < -0.39 is 5.97 Å². The van der Waals surface area contributed by atoms with Crippen LogP contribution in [0, 0.1) is 0 Å². The predicted octanol–water partition coefficient (Wildman–Crippen LogP) is 2.61. The highest BCUT2D eigenvalue weighted by Crippen LogP contribution is 2.18. The molecule has 0 atom stereocenters. The zero-order valence-corrected chi connectivity index (χ0v) is 10.1. The molecule has 4 heteroatoms. The molecule has 1 aromatic carbocycles. The van der Waals surface area contributed by atoms with Gasteiger partial charge in [-0.25, -0.2) is 9.78 Å². The van der Waals surface area contributed by atoms with E-state index in [4.69, 9.17) is 5.11 Å². The number of fused-ring (bicyclic) bond motifs is 1. The molecule has 0 radical (unpaired) electrons. The highest BCUT2D eigenvalue weighted by atomic mass is 16.4. The summed E-state index contributed by atoms with van der Waals surface area (Å²) in [6, 6.07) is 5.05. The maximum absolute atomic E-state index is 10.9. The lowest BCUT2D eigenvalue weighted by Crippen LogP contribution is -1.99. The number of unbranched alkanes of at least 4 members (excludes halogenated alkanes) is 1. The maximum Gasteiger partial charge on any atom is 0.335 e. The summed E-state index contributed by atoms with van der Waals surface area (Å²) < 4.78 is 1.98. The van der Waals surface area contributed by atoms with Crippen molar-refractivity contribution in [2.24, 2.45) is 7.05 Å². The highest BCUT2D eigenvalue weighted by Gasteiger charge is 2.10. The highest BCUT2D eigenvalue weighted by molar-refractivity contribution is 5.92. The van der Waals surface area contributed by atoms with Crippen LogP contribution in [0.5, 0.6) is 0 Å². The number of imidazole rings is 1. The van der Waals surface area contributed by atoms with Crippen LogP contribution in [-0.4, -0.2) is 20.6 Å². The molecule has 0 spiro atoms. The van der Waals surface area contributed by atoms with Crippen LogP contribution in [-0.2, 0) is 13.5 Å². The molecule has 1 heterocycles. The van der Waals surface area contributed by atoms with E-state index in [9.17, 15) is 4.79 Å². The molecule has 90 valence electrons. The molecule has 4 nitrogen and oxygen atoms in total. The number of aromatic carboxylic acids is 1. The molecule has 0 saturated heterocycles. The Morgan fingerprint density at radius 1 is 1.47 bits per heavy atom. The van der Waals surface area contributed by atoms with Gasteiger partial charge in [0, 0.05) is 13.5 Å². The normalized spacial score (nSPS) is 10.9. The fourth-order valence-electron chi connectivity index (χ4n) is 1.93.